The van der Waals surface area contributed by atoms with Crippen molar-refractivity contribution in [1.29, 1.82) is 0 Å². The predicted molar refractivity (Wildman–Crippen MR) is 90.7 cm³/mol. The van der Waals surface area contributed by atoms with E-state index in [2.05, 4.69) is 10.6 Å². The Kier molecular flexibility index (Phi) is 5.74. The molecule has 0 radical (unpaired) electrons. The van der Waals surface area contributed by atoms with Gasteiger partial charge in [0.2, 0.25) is 11.8 Å². The van der Waals surface area contributed by atoms with Crippen LogP contribution in [0.1, 0.15) is 18.9 Å². The fraction of sp³-hybridized carbons (Fsp3) is 0.222. The molecule has 0 aliphatic rings. The first-order valence-electron chi connectivity index (χ1n) is 7.37. The second-order valence-electron chi connectivity index (χ2n) is 5.16. The minimum atomic E-state index is -0.145. The minimum Gasteiger partial charge on any atom is -0.497 e. The zero-order chi connectivity index (χ0) is 16.7. The molecule has 0 unspecified atom stereocenters. The summed E-state index contributed by atoms with van der Waals surface area (Å²) in [5.74, 6) is 0.585. The topological polar surface area (TPSA) is 67.4 Å². The standard InChI is InChI=1S/C18H20N2O3/c1-13(21)19-15-4-3-5-16(12-15)20-18(22)11-8-14-6-9-17(23-2)10-7-14/h3-7,9-10,12H,8,11H2,1-2H3,(H,19,21)(H,20,22). The SMILES string of the molecule is COc1ccc(CCC(=O)Nc2cccc(NC(C)=O)c2)cc1. The highest BCUT2D eigenvalue weighted by Crippen LogP contribution is 2.16. The van der Waals surface area contributed by atoms with Crippen LogP contribution in [0.4, 0.5) is 11.4 Å². The third-order valence-corrected chi connectivity index (χ3v) is 3.27. The Hall–Kier alpha value is -2.82. The van der Waals surface area contributed by atoms with Gasteiger partial charge in [0, 0.05) is 24.7 Å². The number of rotatable bonds is 6. The van der Waals surface area contributed by atoms with E-state index in [1.165, 1.54) is 6.92 Å². The number of methoxy groups -OCH3 is 1. The van der Waals surface area contributed by atoms with Gasteiger partial charge in [-0.05, 0) is 42.3 Å². The maximum atomic E-state index is 12.0. The molecule has 0 saturated heterocycles. The third kappa shape index (κ3) is 5.47. The smallest absolute Gasteiger partial charge is 0.224 e. The van der Waals surface area contributed by atoms with E-state index in [1.54, 1.807) is 31.4 Å². The molecule has 0 aromatic heterocycles. The van der Waals surface area contributed by atoms with Crippen LogP contribution in [-0.2, 0) is 16.0 Å². The van der Waals surface area contributed by atoms with Crippen molar-refractivity contribution in [3.05, 3.63) is 54.1 Å². The van der Waals surface area contributed by atoms with Gasteiger partial charge in [0.15, 0.2) is 0 Å². The first-order valence-corrected chi connectivity index (χ1v) is 7.37. The van der Waals surface area contributed by atoms with Gasteiger partial charge >= 0.3 is 0 Å². The molecule has 23 heavy (non-hydrogen) atoms. The third-order valence-electron chi connectivity index (χ3n) is 3.27. The maximum Gasteiger partial charge on any atom is 0.224 e. The molecule has 0 heterocycles. The van der Waals surface area contributed by atoms with Gasteiger partial charge in [-0.3, -0.25) is 9.59 Å². The molecule has 0 aliphatic carbocycles. The molecule has 0 atom stereocenters. The number of benzene rings is 2. The van der Waals surface area contributed by atoms with E-state index in [0.29, 0.717) is 24.2 Å². The van der Waals surface area contributed by atoms with E-state index < -0.39 is 0 Å². The number of amides is 2. The molecule has 2 rings (SSSR count). The Balaban J connectivity index is 1.87. The molecular formula is C18H20N2O3. The Bertz CT molecular complexity index is 681. The molecule has 120 valence electrons. The molecule has 2 aromatic carbocycles. The van der Waals surface area contributed by atoms with E-state index in [0.717, 1.165) is 11.3 Å². The number of aryl methyl sites for hydroxylation is 1. The molecule has 5 nitrogen and oxygen atoms in total. The summed E-state index contributed by atoms with van der Waals surface area (Å²) in [4.78, 5) is 23.1. The van der Waals surface area contributed by atoms with Crippen molar-refractivity contribution in [2.24, 2.45) is 0 Å². The van der Waals surface area contributed by atoms with Crippen molar-refractivity contribution < 1.29 is 14.3 Å². The molecule has 5 heteroatoms. The first kappa shape index (κ1) is 16.5. The van der Waals surface area contributed by atoms with Gasteiger partial charge in [-0.2, -0.15) is 0 Å². The normalized spacial score (nSPS) is 10.0. The Morgan fingerprint density at radius 1 is 1.00 bits per heavy atom. The zero-order valence-electron chi connectivity index (χ0n) is 13.3. The lowest BCUT2D eigenvalue weighted by Crippen LogP contribution is -2.13. The first-order chi connectivity index (χ1) is 11.1. The lowest BCUT2D eigenvalue weighted by atomic mass is 10.1. The Morgan fingerprint density at radius 2 is 1.65 bits per heavy atom. The fourth-order valence-electron chi connectivity index (χ4n) is 2.15. The van der Waals surface area contributed by atoms with E-state index >= 15 is 0 Å². The molecule has 2 aromatic rings. The van der Waals surface area contributed by atoms with Gasteiger partial charge in [-0.1, -0.05) is 18.2 Å². The molecule has 0 fully saturated rings. The highest BCUT2D eigenvalue weighted by molar-refractivity contribution is 5.93. The fourth-order valence-corrected chi connectivity index (χ4v) is 2.15. The number of nitrogens with one attached hydrogen (secondary N) is 2. The average molecular weight is 312 g/mol. The van der Waals surface area contributed by atoms with Crippen LogP contribution in [0.25, 0.3) is 0 Å². The predicted octanol–water partition coefficient (Wildman–Crippen LogP) is 3.22. The highest BCUT2D eigenvalue weighted by Gasteiger charge is 2.05. The molecule has 2 N–H and O–H groups in total. The molecule has 0 aliphatic heterocycles. The van der Waals surface area contributed by atoms with Gasteiger partial charge in [-0.25, -0.2) is 0 Å². The van der Waals surface area contributed by atoms with E-state index in [4.69, 9.17) is 4.74 Å². The van der Waals surface area contributed by atoms with Crippen LogP contribution in [-0.4, -0.2) is 18.9 Å². The van der Waals surface area contributed by atoms with E-state index in [9.17, 15) is 9.59 Å². The van der Waals surface area contributed by atoms with E-state index in [-0.39, 0.29) is 11.8 Å². The lowest BCUT2D eigenvalue weighted by Gasteiger charge is -2.08. The summed E-state index contributed by atoms with van der Waals surface area (Å²) in [6, 6.07) is 14.7. The lowest BCUT2D eigenvalue weighted by molar-refractivity contribution is -0.116. The summed E-state index contributed by atoms with van der Waals surface area (Å²) >= 11 is 0. The summed E-state index contributed by atoms with van der Waals surface area (Å²) in [7, 11) is 1.62. The number of hydrogen-bond donors (Lipinski definition) is 2. The van der Waals surface area contributed by atoms with Crippen LogP contribution in [0, 0.1) is 0 Å². The summed E-state index contributed by atoms with van der Waals surface area (Å²) in [5, 5.41) is 5.52. The minimum absolute atomic E-state index is 0.0687. The number of ether oxygens (including phenoxy) is 1. The van der Waals surface area contributed by atoms with Crippen molar-refractivity contribution in [1.82, 2.24) is 0 Å². The maximum absolute atomic E-state index is 12.0. The van der Waals surface area contributed by atoms with Crippen molar-refractivity contribution in [2.45, 2.75) is 19.8 Å². The van der Waals surface area contributed by atoms with Crippen LogP contribution in [0.2, 0.25) is 0 Å². The number of anilines is 2. The Labute approximate surface area is 135 Å². The van der Waals surface area contributed by atoms with E-state index in [1.807, 2.05) is 24.3 Å². The van der Waals surface area contributed by atoms with Gasteiger partial charge < -0.3 is 15.4 Å². The number of carbonyl (C=O) groups excluding carboxylic acids is 2. The van der Waals surface area contributed by atoms with Gasteiger partial charge in [0.25, 0.3) is 0 Å². The second-order valence-corrected chi connectivity index (χ2v) is 5.16. The zero-order valence-corrected chi connectivity index (χ0v) is 13.3. The quantitative estimate of drug-likeness (QED) is 0.860. The molecule has 2 amide bonds. The summed E-state index contributed by atoms with van der Waals surface area (Å²) in [5.41, 5.74) is 2.40. The van der Waals surface area contributed by atoms with Crippen LogP contribution >= 0.6 is 0 Å². The highest BCUT2D eigenvalue weighted by atomic mass is 16.5. The number of carbonyl (C=O) groups is 2. The summed E-state index contributed by atoms with van der Waals surface area (Å²) < 4.78 is 5.10. The van der Waals surface area contributed by atoms with Crippen molar-refractivity contribution in [3.63, 3.8) is 0 Å². The van der Waals surface area contributed by atoms with Crippen LogP contribution in [0.15, 0.2) is 48.5 Å². The number of hydrogen-bond acceptors (Lipinski definition) is 3. The van der Waals surface area contributed by atoms with Crippen LogP contribution < -0.4 is 15.4 Å². The van der Waals surface area contributed by atoms with Crippen molar-refractivity contribution in [2.75, 3.05) is 17.7 Å². The second kappa shape index (κ2) is 7.98. The average Bonchev–Trinajstić information content (AvgIpc) is 2.53. The monoisotopic (exact) mass is 312 g/mol. The van der Waals surface area contributed by atoms with Gasteiger partial charge in [0.05, 0.1) is 7.11 Å². The van der Waals surface area contributed by atoms with Crippen LogP contribution in [0.3, 0.4) is 0 Å². The van der Waals surface area contributed by atoms with Gasteiger partial charge in [-0.15, -0.1) is 0 Å². The van der Waals surface area contributed by atoms with Crippen LogP contribution in [0.5, 0.6) is 5.75 Å². The van der Waals surface area contributed by atoms with Crippen molar-refractivity contribution in [3.8, 4) is 5.75 Å². The summed E-state index contributed by atoms with van der Waals surface area (Å²) in [6.07, 6.45) is 1.04. The molecule has 0 saturated carbocycles. The van der Waals surface area contributed by atoms with Crippen molar-refractivity contribution >= 4 is 23.2 Å². The Morgan fingerprint density at radius 3 is 2.26 bits per heavy atom. The molecule has 0 spiro atoms. The molecular weight excluding hydrogens is 292 g/mol. The van der Waals surface area contributed by atoms with Gasteiger partial charge in [0.1, 0.15) is 5.75 Å². The summed E-state index contributed by atoms with van der Waals surface area (Å²) in [6.45, 7) is 1.44. The largest absolute Gasteiger partial charge is 0.497 e. The molecule has 0 bridgehead atoms.